The number of nitrogens with zero attached hydrogens (tertiary/aromatic N) is 2. The molecule has 12 nitrogen and oxygen atoms in total. The first-order valence-corrected chi connectivity index (χ1v) is 13.7. The van der Waals surface area contributed by atoms with Gasteiger partial charge < -0.3 is 14.8 Å². The van der Waals surface area contributed by atoms with Crippen LogP contribution >= 0.6 is 0 Å². The predicted octanol–water partition coefficient (Wildman–Crippen LogP) is 4.31. The number of ether oxygens (including phenoxy) is 2. The normalized spacial score (nSPS) is 14.9. The van der Waals surface area contributed by atoms with Crippen LogP contribution in [-0.2, 0) is 14.8 Å². The largest absolute Gasteiger partial charge is 0.456 e. The molecule has 1 aromatic heterocycles. The summed E-state index contributed by atoms with van der Waals surface area (Å²) >= 11 is 0. The molecule has 0 unspecified atom stereocenters. The van der Waals surface area contributed by atoms with Crippen LogP contribution < -0.4 is 14.8 Å². The van der Waals surface area contributed by atoms with E-state index in [1.54, 1.807) is 30.5 Å². The number of nitro groups is 1. The second kappa shape index (κ2) is 10.9. The highest BCUT2D eigenvalue weighted by Crippen LogP contribution is 2.33. The Bertz CT molecular complexity index is 1690. The summed E-state index contributed by atoms with van der Waals surface area (Å²) in [5.41, 5.74) is -1.61. The lowest BCUT2D eigenvalue weighted by atomic mass is 9.96. The van der Waals surface area contributed by atoms with Gasteiger partial charge in [0.2, 0.25) is 0 Å². The number of nitrogens with one attached hydrogen (secondary N) is 3. The lowest BCUT2D eigenvalue weighted by Crippen LogP contribution is -2.38. The number of carbonyl (C=O) groups excluding carboxylic acids is 1. The van der Waals surface area contributed by atoms with Crippen molar-refractivity contribution < 1.29 is 32.0 Å². The van der Waals surface area contributed by atoms with Gasteiger partial charge in [-0.15, -0.1) is 0 Å². The maximum atomic E-state index is 14.9. The molecule has 0 radical (unpaired) electrons. The molecule has 3 aromatic carbocycles. The number of benzene rings is 3. The van der Waals surface area contributed by atoms with Crippen molar-refractivity contribution in [2.24, 2.45) is 0 Å². The Balaban J connectivity index is 1.36. The predicted molar refractivity (Wildman–Crippen MR) is 143 cm³/mol. The molecule has 0 bridgehead atoms. The van der Waals surface area contributed by atoms with E-state index in [1.165, 1.54) is 24.3 Å². The monoisotopic (exact) mass is 569 g/mol. The van der Waals surface area contributed by atoms with E-state index in [0.29, 0.717) is 16.7 Å². The van der Waals surface area contributed by atoms with E-state index in [0.717, 1.165) is 12.1 Å². The maximum Gasteiger partial charge on any atom is 0.293 e. The summed E-state index contributed by atoms with van der Waals surface area (Å²) in [5.74, 6) is -0.523. The van der Waals surface area contributed by atoms with Gasteiger partial charge in [-0.25, -0.2) is 17.5 Å². The number of aromatic amines is 1. The van der Waals surface area contributed by atoms with Crippen molar-refractivity contribution in [3.63, 3.8) is 0 Å². The molecule has 3 N–H and O–H groups in total. The van der Waals surface area contributed by atoms with E-state index < -0.39 is 37.1 Å². The molecular weight excluding hydrogens is 545 g/mol. The van der Waals surface area contributed by atoms with Gasteiger partial charge in [0, 0.05) is 38.7 Å². The van der Waals surface area contributed by atoms with Gasteiger partial charge in [0.05, 0.1) is 32.5 Å². The van der Waals surface area contributed by atoms with Gasteiger partial charge in [0.1, 0.15) is 22.9 Å². The highest BCUT2D eigenvalue weighted by molar-refractivity contribution is 7.90. The highest BCUT2D eigenvalue weighted by atomic mass is 32.2. The van der Waals surface area contributed by atoms with Crippen molar-refractivity contribution in [2.75, 3.05) is 25.1 Å². The van der Waals surface area contributed by atoms with E-state index >= 15 is 0 Å². The Morgan fingerprint density at radius 2 is 1.88 bits per heavy atom. The van der Waals surface area contributed by atoms with Crippen molar-refractivity contribution in [3.05, 3.63) is 82.5 Å². The number of amides is 1. The average Bonchev–Trinajstić information content (AvgIpc) is 3.42. The fourth-order valence-electron chi connectivity index (χ4n) is 4.27. The summed E-state index contributed by atoms with van der Waals surface area (Å²) in [6, 6.07) is 14.3. The Morgan fingerprint density at radius 1 is 1.12 bits per heavy atom. The SMILES string of the molecule is O=C(NS(=O)(=O)c1ccc(NCC2(F)CCOCC2)c([N+](=O)[O-])c1)c1ccccc1Oc1cccc2[nH]ncc12. The Hall–Kier alpha value is -4.56. The van der Waals surface area contributed by atoms with Crippen molar-refractivity contribution in [3.8, 4) is 11.5 Å². The molecule has 0 saturated carbocycles. The lowest BCUT2D eigenvalue weighted by Gasteiger charge is -2.29. The van der Waals surface area contributed by atoms with Gasteiger partial charge in [-0.3, -0.25) is 20.0 Å². The van der Waals surface area contributed by atoms with Crippen LogP contribution in [-0.4, -0.2) is 54.9 Å². The smallest absolute Gasteiger partial charge is 0.293 e. The second-order valence-corrected chi connectivity index (χ2v) is 10.9. The number of alkyl halides is 1. The van der Waals surface area contributed by atoms with Crippen LogP contribution in [0.5, 0.6) is 11.5 Å². The molecule has 2 heterocycles. The molecule has 1 fully saturated rings. The van der Waals surface area contributed by atoms with E-state index in [4.69, 9.17) is 9.47 Å². The summed E-state index contributed by atoms with van der Waals surface area (Å²) < 4.78 is 54.1. The first-order valence-electron chi connectivity index (χ1n) is 12.2. The van der Waals surface area contributed by atoms with Crippen LogP contribution in [0.2, 0.25) is 0 Å². The van der Waals surface area contributed by atoms with Gasteiger partial charge in [0.15, 0.2) is 0 Å². The number of anilines is 1. The number of para-hydroxylation sites is 1. The molecule has 14 heteroatoms. The van der Waals surface area contributed by atoms with Crippen LogP contribution in [0.25, 0.3) is 10.9 Å². The van der Waals surface area contributed by atoms with Crippen molar-refractivity contribution in [1.82, 2.24) is 14.9 Å². The Morgan fingerprint density at radius 3 is 2.65 bits per heavy atom. The number of halogens is 1. The maximum absolute atomic E-state index is 14.9. The summed E-state index contributed by atoms with van der Waals surface area (Å²) in [4.78, 5) is 23.5. The average molecular weight is 570 g/mol. The number of nitro benzene ring substituents is 1. The van der Waals surface area contributed by atoms with E-state index in [9.17, 15) is 27.7 Å². The third-order valence-corrected chi connectivity index (χ3v) is 7.81. The first-order chi connectivity index (χ1) is 19.2. The van der Waals surface area contributed by atoms with Crippen LogP contribution in [0.1, 0.15) is 23.2 Å². The Kier molecular flexibility index (Phi) is 7.36. The molecule has 0 aliphatic carbocycles. The number of fused-ring (bicyclic) bond motifs is 1. The molecule has 40 heavy (non-hydrogen) atoms. The van der Waals surface area contributed by atoms with Crippen LogP contribution in [0.3, 0.4) is 0 Å². The molecule has 4 aromatic rings. The molecule has 0 atom stereocenters. The fraction of sp³-hybridized carbons (Fsp3) is 0.231. The molecule has 1 saturated heterocycles. The molecule has 5 rings (SSSR count). The van der Waals surface area contributed by atoms with E-state index in [2.05, 4.69) is 15.5 Å². The minimum absolute atomic E-state index is 0.0500. The molecule has 1 aliphatic heterocycles. The molecular formula is C26H24FN5O7S. The quantitative estimate of drug-likeness (QED) is 0.197. The second-order valence-electron chi connectivity index (χ2n) is 9.17. The summed E-state index contributed by atoms with van der Waals surface area (Å²) in [5, 5.41) is 21.9. The standard InChI is InChI=1S/C26H24FN5O7S/c27-26(10-12-38-13-11-26)16-28-21-9-8-17(14-22(21)32(34)35)40(36,37)31-25(33)18-4-1-2-6-23(18)39-24-7-3-5-20-19(24)15-29-30-20/h1-9,14-15,28H,10-13,16H2,(H,29,30)(H,31,33). The summed E-state index contributed by atoms with van der Waals surface area (Å²) in [7, 11) is -4.54. The first kappa shape index (κ1) is 27.0. The van der Waals surface area contributed by atoms with Crippen LogP contribution in [0.15, 0.2) is 71.8 Å². The van der Waals surface area contributed by atoms with Crippen LogP contribution in [0, 0.1) is 10.1 Å². The number of hydrogen-bond donors (Lipinski definition) is 3. The molecule has 0 spiro atoms. The number of carbonyl (C=O) groups is 1. The number of H-pyrrole nitrogens is 1. The molecule has 1 amide bonds. The number of hydrogen-bond acceptors (Lipinski definition) is 9. The van der Waals surface area contributed by atoms with Gasteiger partial charge in [-0.1, -0.05) is 18.2 Å². The zero-order valence-corrected chi connectivity index (χ0v) is 21.7. The minimum Gasteiger partial charge on any atom is -0.456 e. The topological polar surface area (TPSA) is 166 Å². The Labute approximate surface area is 227 Å². The third-order valence-electron chi connectivity index (χ3n) is 6.48. The van der Waals surface area contributed by atoms with E-state index in [1.807, 2.05) is 4.72 Å². The zero-order chi connectivity index (χ0) is 28.3. The van der Waals surface area contributed by atoms with Gasteiger partial charge in [-0.2, -0.15) is 5.10 Å². The van der Waals surface area contributed by atoms with Gasteiger partial charge >= 0.3 is 0 Å². The fourth-order valence-corrected chi connectivity index (χ4v) is 5.26. The minimum atomic E-state index is -4.54. The van der Waals surface area contributed by atoms with Gasteiger partial charge in [-0.05, 0) is 36.4 Å². The number of sulfonamides is 1. The van der Waals surface area contributed by atoms with Crippen molar-refractivity contribution in [1.29, 1.82) is 0 Å². The van der Waals surface area contributed by atoms with Gasteiger partial charge in [0.25, 0.3) is 21.6 Å². The van der Waals surface area contributed by atoms with Crippen molar-refractivity contribution >= 4 is 38.2 Å². The van der Waals surface area contributed by atoms with Crippen molar-refractivity contribution in [2.45, 2.75) is 23.4 Å². The highest BCUT2D eigenvalue weighted by Gasteiger charge is 2.33. The lowest BCUT2D eigenvalue weighted by molar-refractivity contribution is -0.384. The molecule has 1 aliphatic rings. The number of rotatable bonds is 9. The zero-order valence-electron chi connectivity index (χ0n) is 20.9. The summed E-state index contributed by atoms with van der Waals surface area (Å²) in [6.07, 6.45) is 1.82. The van der Waals surface area contributed by atoms with Crippen LogP contribution in [0.4, 0.5) is 15.8 Å². The number of aromatic nitrogens is 2. The van der Waals surface area contributed by atoms with E-state index in [-0.39, 0.29) is 49.6 Å². The third kappa shape index (κ3) is 5.72. The summed E-state index contributed by atoms with van der Waals surface area (Å²) in [6.45, 7) is 0.276. The molecule has 208 valence electrons.